The van der Waals surface area contributed by atoms with E-state index in [1.54, 1.807) is 38.1 Å². The fourth-order valence-corrected chi connectivity index (χ4v) is 3.62. The molecule has 0 bridgehead atoms. The number of hydrogen-bond acceptors (Lipinski definition) is 2. The van der Waals surface area contributed by atoms with E-state index >= 15 is 0 Å². The highest BCUT2D eigenvalue weighted by Gasteiger charge is 2.31. The highest BCUT2D eigenvalue weighted by molar-refractivity contribution is 6.34. The lowest BCUT2D eigenvalue weighted by atomic mass is 9.96. The van der Waals surface area contributed by atoms with E-state index in [2.05, 4.69) is 10.6 Å². The lowest BCUT2D eigenvalue weighted by Crippen LogP contribution is -2.34. The Labute approximate surface area is 192 Å². The van der Waals surface area contributed by atoms with Gasteiger partial charge in [0.1, 0.15) is 0 Å². The van der Waals surface area contributed by atoms with Crippen LogP contribution in [0.15, 0.2) is 54.6 Å². The lowest BCUT2D eigenvalue weighted by molar-refractivity contribution is -0.137. The maximum Gasteiger partial charge on any atom is 0.416 e. The number of carbonyl (C=O) groups is 2. The summed E-state index contributed by atoms with van der Waals surface area (Å²) < 4.78 is 38.7. The molecule has 0 unspecified atom stereocenters. The van der Waals surface area contributed by atoms with E-state index in [0.29, 0.717) is 27.9 Å². The molecule has 0 saturated carbocycles. The number of imide groups is 1. The normalized spacial score (nSPS) is 11.2. The summed E-state index contributed by atoms with van der Waals surface area (Å²) in [7, 11) is 0. The third-order valence-corrected chi connectivity index (χ3v) is 5.39. The summed E-state index contributed by atoms with van der Waals surface area (Å²) in [5.41, 5.74) is 2.11. The molecule has 9 heteroatoms. The third kappa shape index (κ3) is 5.23. The highest BCUT2D eigenvalue weighted by Crippen LogP contribution is 2.37. The van der Waals surface area contributed by atoms with Crippen LogP contribution in [0.2, 0.25) is 10.0 Å². The van der Waals surface area contributed by atoms with Gasteiger partial charge in [-0.05, 0) is 66.9 Å². The van der Waals surface area contributed by atoms with Gasteiger partial charge in [-0.1, -0.05) is 41.4 Å². The number of nitrogens with one attached hydrogen (secondary N) is 2. The molecule has 0 aliphatic carbocycles. The Morgan fingerprint density at radius 2 is 1.53 bits per heavy atom. The van der Waals surface area contributed by atoms with Gasteiger partial charge < -0.3 is 5.32 Å². The van der Waals surface area contributed by atoms with Crippen LogP contribution in [0.25, 0.3) is 11.1 Å². The molecular formula is C23H17Cl2F3N2O2. The van der Waals surface area contributed by atoms with E-state index in [4.69, 9.17) is 23.2 Å². The van der Waals surface area contributed by atoms with Crippen LogP contribution in [0.1, 0.15) is 27.0 Å². The molecule has 0 saturated heterocycles. The van der Waals surface area contributed by atoms with Gasteiger partial charge in [-0.15, -0.1) is 0 Å². The summed E-state index contributed by atoms with van der Waals surface area (Å²) in [4.78, 5) is 24.5. The maximum absolute atomic E-state index is 12.9. The van der Waals surface area contributed by atoms with Gasteiger partial charge in [-0.3, -0.25) is 10.1 Å². The van der Waals surface area contributed by atoms with E-state index in [-0.39, 0.29) is 15.6 Å². The molecule has 3 aromatic rings. The summed E-state index contributed by atoms with van der Waals surface area (Å²) in [6, 6.07) is 12.1. The van der Waals surface area contributed by atoms with Crippen LogP contribution < -0.4 is 10.6 Å². The SMILES string of the molecule is Cc1cc(-c2ccc(C(F)(F)F)cc2Cl)c(C)cc1NC(=O)NC(=O)c1ccccc1Cl. The molecule has 32 heavy (non-hydrogen) atoms. The lowest BCUT2D eigenvalue weighted by Gasteiger charge is -2.16. The molecule has 166 valence electrons. The number of amides is 3. The number of alkyl halides is 3. The average molecular weight is 481 g/mol. The number of anilines is 1. The third-order valence-electron chi connectivity index (χ3n) is 4.75. The van der Waals surface area contributed by atoms with Gasteiger partial charge in [-0.2, -0.15) is 13.2 Å². The smallest absolute Gasteiger partial charge is 0.307 e. The quantitative estimate of drug-likeness (QED) is 0.414. The summed E-state index contributed by atoms with van der Waals surface area (Å²) in [6.45, 7) is 3.45. The zero-order valence-electron chi connectivity index (χ0n) is 16.9. The van der Waals surface area contributed by atoms with Crippen molar-refractivity contribution in [2.75, 3.05) is 5.32 Å². The van der Waals surface area contributed by atoms with Crippen molar-refractivity contribution in [3.8, 4) is 11.1 Å². The Balaban J connectivity index is 1.81. The first-order chi connectivity index (χ1) is 15.0. The fourth-order valence-electron chi connectivity index (χ4n) is 3.12. The Kier molecular flexibility index (Phi) is 6.81. The molecule has 0 heterocycles. The van der Waals surface area contributed by atoms with E-state index in [1.807, 2.05) is 0 Å². The van der Waals surface area contributed by atoms with Crippen LogP contribution in [0.4, 0.5) is 23.7 Å². The van der Waals surface area contributed by atoms with Gasteiger partial charge in [-0.25, -0.2) is 4.79 Å². The maximum atomic E-state index is 12.9. The molecule has 3 rings (SSSR count). The zero-order valence-corrected chi connectivity index (χ0v) is 18.4. The summed E-state index contributed by atoms with van der Waals surface area (Å²) >= 11 is 12.1. The molecule has 0 atom stereocenters. The monoisotopic (exact) mass is 480 g/mol. The molecule has 0 spiro atoms. The molecule has 0 fully saturated rings. The van der Waals surface area contributed by atoms with Gasteiger partial charge in [0.15, 0.2) is 0 Å². The molecule has 2 N–H and O–H groups in total. The van der Waals surface area contributed by atoms with E-state index in [1.165, 1.54) is 18.2 Å². The second-order valence-corrected chi connectivity index (χ2v) is 7.88. The van der Waals surface area contributed by atoms with Crippen LogP contribution in [0, 0.1) is 13.8 Å². The molecular weight excluding hydrogens is 464 g/mol. The average Bonchev–Trinajstić information content (AvgIpc) is 2.70. The van der Waals surface area contributed by atoms with Crippen molar-refractivity contribution in [3.63, 3.8) is 0 Å². The van der Waals surface area contributed by atoms with Crippen molar-refractivity contribution in [2.45, 2.75) is 20.0 Å². The Hall–Kier alpha value is -3.03. The van der Waals surface area contributed by atoms with Crippen LogP contribution in [0.5, 0.6) is 0 Å². The molecule has 0 aromatic heterocycles. The van der Waals surface area contributed by atoms with Crippen LogP contribution in [-0.2, 0) is 6.18 Å². The minimum Gasteiger partial charge on any atom is -0.307 e. The van der Waals surface area contributed by atoms with E-state index in [9.17, 15) is 22.8 Å². The zero-order chi connectivity index (χ0) is 23.6. The minimum absolute atomic E-state index is 0.0360. The van der Waals surface area contributed by atoms with Crippen LogP contribution in [-0.4, -0.2) is 11.9 Å². The largest absolute Gasteiger partial charge is 0.416 e. The first kappa shape index (κ1) is 23.6. The number of halogens is 5. The van der Waals surface area contributed by atoms with Crippen LogP contribution >= 0.6 is 23.2 Å². The highest BCUT2D eigenvalue weighted by atomic mass is 35.5. The van der Waals surface area contributed by atoms with Gasteiger partial charge in [0.05, 0.1) is 16.1 Å². The Morgan fingerprint density at radius 1 is 0.844 bits per heavy atom. The number of benzene rings is 3. The van der Waals surface area contributed by atoms with Crippen molar-refractivity contribution < 1.29 is 22.8 Å². The summed E-state index contributed by atoms with van der Waals surface area (Å²) in [6.07, 6.45) is -4.49. The van der Waals surface area contributed by atoms with Crippen molar-refractivity contribution in [1.82, 2.24) is 5.32 Å². The number of urea groups is 1. The molecule has 3 aromatic carbocycles. The van der Waals surface area contributed by atoms with Crippen molar-refractivity contribution in [2.24, 2.45) is 0 Å². The predicted octanol–water partition coefficient (Wildman–Crippen LogP) is 7.26. The predicted molar refractivity (Wildman–Crippen MR) is 119 cm³/mol. The summed E-state index contributed by atoms with van der Waals surface area (Å²) in [5, 5.41) is 4.98. The van der Waals surface area contributed by atoms with Gasteiger partial charge in [0.2, 0.25) is 0 Å². The van der Waals surface area contributed by atoms with Crippen molar-refractivity contribution in [3.05, 3.63) is 86.9 Å². The fraction of sp³-hybridized carbons (Fsp3) is 0.130. The molecule has 4 nitrogen and oxygen atoms in total. The van der Waals surface area contributed by atoms with Gasteiger partial charge in [0.25, 0.3) is 5.91 Å². The van der Waals surface area contributed by atoms with Crippen molar-refractivity contribution >= 4 is 40.8 Å². The molecule has 0 aliphatic heterocycles. The number of aryl methyl sites for hydroxylation is 2. The topological polar surface area (TPSA) is 58.2 Å². The number of carbonyl (C=O) groups excluding carboxylic acids is 2. The number of rotatable bonds is 3. The first-order valence-corrected chi connectivity index (χ1v) is 10.1. The summed E-state index contributed by atoms with van der Waals surface area (Å²) in [5.74, 6) is -0.657. The van der Waals surface area contributed by atoms with Gasteiger partial charge >= 0.3 is 12.2 Å². The minimum atomic E-state index is -4.49. The van der Waals surface area contributed by atoms with E-state index < -0.39 is 23.7 Å². The Morgan fingerprint density at radius 3 is 2.16 bits per heavy atom. The van der Waals surface area contributed by atoms with Gasteiger partial charge in [0, 0.05) is 16.3 Å². The standard InChI is InChI=1S/C23H17Cl2F3N2O2/c1-12-10-20(29-22(32)30-21(31)16-5-3-4-6-18(16)24)13(2)9-17(12)15-8-7-14(11-19(15)25)23(26,27)28/h3-11H,1-2H3,(H2,29,30,31,32). The second kappa shape index (κ2) is 9.22. The van der Waals surface area contributed by atoms with Crippen LogP contribution in [0.3, 0.4) is 0 Å². The first-order valence-electron chi connectivity index (χ1n) is 9.32. The molecule has 3 amide bonds. The molecule has 0 aliphatic rings. The number of hydrogen-bond donors (Lipinski definition) is 2. The van der Waals surface area contributed by atoms with E-state index in [0.717, 1.165) is 12.1 Å². The Bertz CT molecular complexity index is 1210. The second-order valence-electron chi connectivity index (χ2n) is 7.06. The van der Waals surface area contributed by atoms with Crippen molar-refractivity contribution in [1.29, 1.82) is 0 Å². The molecule has 0 radical (unpaired) electrons.